The normalized spacial score (nSPS) is 11.1. The second kappa shape index (κ2) is 17.5. The van der Waals surface area contributed by atoms with E-state index in [1.807, 2.05) is 45.9 Å². The van der Waals surface area contributed by atoms with E-state index in [-0.39, 0.29) is 11.8 Å². The summed E-state index contributed by atoms with van der Waals surface area (Å²) in [6, 6.07) is 5.78. The molecule has 0 unspecified atom stereocenters. The predicted octanol–water partition coefficient (Wildman–Crippen LogP) is 4.65. The molecular weight excluding hydrogens is 472 g/mol. The Labute approximate surface area is 212 Å². The van der Waals surface area contributed by atoms with Crippen LogP contribution < -0.4 is 10.6 Å². The number of nitrogens with zero attached hydrogens (tertiary/aromatic N) is 2. The molecule has 0 saturated carbocycles. The number of ether oxygens (including phenoxy) is 1. The van der Waals surface area contributed by atoms with Gasteiger partial charge in [-0.25, -0.2) is 9.78 Å². The van der Waals surface area contributed by atoms with Gasteiger partial charge in [-0.15, -0.1) is 0 Å². The van der Waals surface area contributed by atoms with Gasteiger partial charge in [-0.1, -0.05) is 30.2 Å². The number of alkyl carbamates (subject to hydrolysis) is 1. The molecular formula is C24H40N4O4S2. The quantitative estimate of drug-likeness (QED) is 0.246. The number of rotatable bonds is 16. The molecule has 0 fully saturated rings. The Hall–Kier alpha value is -1.94. The molecule has 1 aromatic heterocycles. The van der Waals surface area contributed by atoms with Gasteiger partial charge in [0, 0.05) is 51.0 Å². The summed E-state index contributed by atoms with van der Waals surface area (Å²) in [5.41, 5.74) is -0.541. The first kappa shape index (κ1) is 30.1. The number of aromatic nitrogens is 1. The molecule has 1 heterocycles. The van der Waals surface area contributed by atoms with Crippen molar-refractivity contribution < 1.29 is 19.1 Å². The number of carbonyl (C=O) groups excluding carboxylic acids is 3. The van der Waals surface area contributed by atoms with E-state index in [4.69, 9.17) is 4.74 Å². The molecule has 192 valence electrons. The molecule has 0 atom stereocenters. The van der Waals surface area contributed by atoms with E-state index in [9.17, 15) is 14.4 Å². The van der Waals surface area contributed by atoms with Crippen molar-refractivity contribution >= 4 is 39.5 Å². The summed E-state index contributed by atoms with van der Waals surface area (Å²) in [6.07, 6.45) is 5.62. The minimum Gasteiger partial charge on any atom is -0.444 e. The molecule has 0 radical (unpaired) electrons. The Bertz CT molecular complexity index is 729. The van der Waals surface area contributed by atoms with Crippen molar-refractivity contribution in [1.29, 1.82) is 0 Å². The van der Waals surface area contributed by atoms with E-state index in [2.05, 4.69) is 15.6 Å². The number of nitrogens with one attached hydrogen (secondary N) is 2. The highest BCUT2D eigenvalue weighted by atomic mass is 33.1. The smallest absolute Gasteiger partial charge is 0.407 e. The largest absolute Gasteiger partial charge is 0.444 e. The van der Waals surface area contributed by atoms with Crippen LogP contribution in [0, 0.1) is 0 Å². The maximum atomic E-state index is 12.5. The lowest BCUT2D eigenvalue weighted by atomic mass is 10.1. The van der Waals surface area contributed by atoms with Gasteiger partial charge in [0.2, 0.25) is 11.8 Å². The van der Waals surface area contributed by atoms with E-state index in [0.717, 1.165) is 36.5 Å². The third-order valence-electron chi connectivity index (χ3n) is 4.48. The summed E-state index contributed by atoms with van der Waals surface area (Å²) < 4.78 is 5.22. The highest BCUT2D eigenvalue weighted by Gasteiger charge is 2.17. The fourth-order valence-electron chi connectivity index (χ4n) is 2.92. The number of unbranched alkanes of at least 4 members (excludes halogenated alkanes) is 2. The molecule has 0 aliphatic heterocycles. The Morgan fingerprint density at radius 3 is 2.50 bits per heavy atom. The minimum atomic E-state index is -0.541. The Morgan fingerprint density at radius 2 is 1.82 bits per heavy atom. The third-order valence-corrected chi connectivity index (χ3v) is 6.75. The van der Waals surface area contributed by atoms with Crippen molar-refractivity contribution in [2.75, 3.05) is 31.9 Å². The lowest BCUT2D eigenvalue weighted by molar-refractivity contribution is -0.131. The third kappa shape index (κ3) is 15.8. The van der Waals surface area contributed by atoms with Gasteiger partial charge < -0.3 is 20.3 Å². The standard InChI is InChI=1S/C24H40N4O4S2/c1-5-17-28(18-16-27-23(31)32-24(2,3)4)22(30)12-7-6-9-14-25-20(29)13-19-33-34-21-11-8-10-15-26-21/h8,10-11,15H,5-7,9,12-14,16-19H2,1-4H3,(H,25,29)(H,27,31). The molecule has 10 heteroatoms. The van der Waals surface area contributed by atoms with Crippen LogP contribution >= 0.6 is 21.6 Å². The van der Waals surface area contributed by atoms with Gasteiger partial charge in [0.1, 0.15) is 10.6 Å². The van der Waals surface area contributed by atoms with Crippen LogP contribution in [0.2, 0.25) is 0 Å². The summed E-state index contributed by atoms with van der Waals surface area (Å²) in [7, 11) is 3.20. The molecule has 0 saturated heterocycles. The lowest BCUT2D eigenvalue weighted by Crippen LogP contribution is -2.40. The zero-order valence-electron chi connectivity index (χ0n) is 20.9. The zero-order chi connectivity index (χ0) is 25.2. The van der Waals surface area contributed by atoms with E-state index >= 15 is 0 Å². The van der Waals surface area contributed by atoms with Crippen molar-refractivity contribution in [3.63, 3.8) is 0 Å². The van der Waals surface area contributed by atoms with E-state index < -0.39 is 11.7 Å². The first-order valence-corrected chi connectivity index (χ1v) is 14.2. The fourth-order valence-corrected chi connectivity index (χ4v) is 4.79. The van der Waals surface area contributed by atoms with Gasteiger partial charge in [0.25, 0.3) is 0 Å². The van der Waals surface area contributed by atoms with Crippen LogP contribution in [0.25, 0.3) is 0 Å². The minimum absolute atomic E-state index is 0.0526. The topological polar surface area (TPSA) is 101 Å². The number of pyridine rings is 1. The van der Waals surface area contributed by atoms with Crippen molar-refractivity contribution in [3.05, 3.63) is 24.4 Å². The van der Waals surface area contributed by atoms with Crippen LogP contribution in [0.15, 0.2) is 29.4 Å². The fraction of sp³-hybridized carbons (Fsp3) is 0.667. The van der Waals surface area contributed by atoms with Crippen LogP contribution in [0.4, 0.5) is 4.79 Å². The van der Waals surface area contributed by atoms with Crippen molar-refractivity contribution in [1.82, 2.24) is 20.5 Å². The molecule has 1 rings (SSSR count). The second-order valence-corrected chi connectivity index (χ2v) is 11.2. The van der Waals surface area contributed by atoms with Crippen LogP contribution in [-0.2, 0) is 14.3 Å². The van der Waals surface area contributed by atoms with E-state index in [0.29, 0.717) is 39.0 Å². The average molecular weight is 513 g/mol. The Morgan fingerprint density at radius 1 is 1.03 bits per heavy atom. The summed E-state index contributed by atoms with van der Waals surface area (Å²) in [5, 5.41) is 6.59. The second-order valence-electron chi connectivity index (χ2n) is 8.79. The molecule has 0 bridgehead atoms. The summed E-state index contributed by atoms with van der Waals surface area (Å²) in [6.45, 7) is 9.60. The number of hydrogen-bond donors (Lipinski definition) is 2. The summed E-state index contributed by atoms with van der Waals surface area (Å²) >= 11 is 0. The molecule has 0 aliphatic rings. The Balaban J connectivity index is 2.09. The Kier molecular flexibility index (Phi) is 15.5. The molecule has 34 heavy (non-hydrogen) atoms. The molecule has 0 aliphatic carbocycles. The zero-order valence-corrected chi connectivity index (χ0v) is 22.6. The van der Waals surface area contributed by atoms with Crippen LogP contribution in [0.1, 0.15) is 66.2 Å². The first-order chi connectivity index (χ1) is 16.2. The summed E-state index contributed by atoms with van der Waals surface area (Å²) in [4.78, 5) is 42.2. The molecule has 2 N–H and O–H groups in total. The molecule has 0 spiro atoms. The molecule has 8 nitrogen and oxygen atoms in total. The van der Waals surface area contributed by atoms with Crippen LogP contribution in [-0.4, -0.2) is 65.3 Å². The highest BCUT2D eigenvalue weighted by Crippen LogP contribution is 2.29. The van der Waals surface area contributed by atoms with Gasteiger partial charge in [-0.3, -0.25) is 9.59 Å². The van der Waals surface area contributed by atoms with Crippen molar-refractivity contribution in [3.8, 4) is 0 Å². The highest BCUT2D eigenvalue weighted by molar-refractivity contribution is 8.76. The van der Waals surface area contributed by atoms with E-state index in [1.165, 1.54) is 0 Å². The maximum Gasteiger partial charge on any atom is 0.407 e. The number of hydrogen-bond acceptors (Lipinski definition) is 7. The first-order valence-electron chi connectivity index (χ1n) is 11.9. The average Bonchev–Trinajstić information content (AvgIpc) is 2.77. The van der Waals surface area contributed by atoms with Gasteiger partial charge in [0.15, 0.2) is 0 Å². The maximum absolute atomic E-state index is 12.5. The monoisotopic (exact) mass is 512 g/mol. The van der Waals surface area contributed by atoms with Gasteiger partial charge >= 0.3 is 6.09 Å². The van der Waals surface area contributed by atoms with Gasteiger partial charge in [-0.05, 0) is 63.0 Å². The van der Waals surface area contributed by atoms with Gasteiger partial charge in [-0.2, -0.15) is 0 Å². The van der Waals surface area contributed by atoms with Crippen molar-refractivity contribution in [2.45, 2.75) is 76.8 Å². The van der Waals surface area contributed by atoms with Crippen molar-refractivity contribution in [2.24, 2.45) is 0 Å². The summed E-state index contributed by atoms with van der Waals surface area (Å²) in [5.74, 6) is 0.883. The SMILES string of the molecule is CCCN(CCNC(=O)OC(C)(C)C)C(=O)CCCCCNC(=O)CCSSc1ccccn1. The molecule has 3 amide bonds. The number of carbonyl (C=O) groups is 3. The lowest BCUT2D eigenvalue weighted by Gasteiger charge is -2.23. The predicted molar refractivity (Wildman–Crippen MR) is 140 cm³/mol. The van der Waals surface area contributed by atoms with E-state index in [1.54, 1.807) is 32.7 Å². The van der Waals surface area contributed by atoms with Crippen LogP contribution in [0.5, 0.6) is 0 Å². The van der Waals surface area contributed by atoms with Gasteiger partial charge in [0.05, 0.1) is 0 Å². The number of amides is 3. The molecule has 0 aromatic carbocycles. The molecule has 1 aromatic rings. The van der Waals surface area contributed by atoms with Crippen LogP contribution in [0.3, 0.4) is 0 Å².